The van der Waals surface area contributed by atoms with Crippen molar-refractivity contribution in [3.05, 3.63) is 21.9 Å². The number of hydrogen-bond donors (Lipinski definition) is 1. The molecule has 0 radical (unpaired) electrons. The van der Waals surface area contributed by atoms with E-state index in [-0.39, 0.29) is 18.0 Å². The van der Waals surface area contributed by atoms with Gasteiger partial charge in [-0.2, -0.15) is 0 Å². The van der Waals surface area contributed by atoms with Crippen LogP contribution in [0.3, 0.4) is 0 Å². The van der Waals surface area contributed by atoms with E-state index in [9.17, 15) is 9.90 Å². The fraction of sp³-hybridized carbons (Fsp3) is 0.722. The summed E-state index contributed by atoms with van der Waals surface area (Å²) >= 11 is 1.81. The highest BCUT2D eigenvalue weighted by molar-refractivity contribution is 7.10. The highest BCUT2D eigenvalue weighted by Crippen LogP contribution is 2.35. The maximum Gasteiger partial charge on any atom is 0.237 e. The number of amides is 1. The number of likely N-dealkylation sites (tertiary alicyclic amines) is 1. The van der Waals surface area contributed by atoms with Gasteiger partial charge < -0.3 is 10.0 Å². The minimum Gasteiger partial charge on any atom is -0.389 e. The lowest BCUT2D eigenvalue weighted by Gasteiger charge is -2.38. The topological polar surface area (TPSA) is 43.8 Å². The summed E-state index contributed by atoms with van der Waals surface area (Å²) in [6.07, 6.45) is 3.98. The molecule has 3 heterocycles. The molecule has 1 N–H and O–H groups in total. The molecule has 4 nitrogen and oxygen atoms in total. The predicted octanol–water partition coefficient (Wildman–Crippen LogP) is 2.82. The van der Waals surface area contributed by atoms with Gasteiger partial charge >= 0.3 is 0 Å². The van der Waals surface area contributed by atoms with Crippen molar-refractivity contribution in [2.24, 2.45) is 0 Å². The van der Waals surface area contributed by atoms with E-state index in [1.807, 2.05) is 25.2 Å². The Morgan fingerprint density at radius 2 is 2.22 bits per heavy atom. The predicted molar refractivity (Wildman–Crippen MR) is 93.7 cm³/mol. The van der Waals surface area contributed by atoms with Crippen molar-refractivity contribution in [2.75, 3.05) is 19.6 Å². The molecule has 0 aliphatic carbocycles. The summed E-state index contributed by atoms with van der Waals surface area (Å²) in [5.74, 6) is 0.213. The van der Waals surface area contributed by atoms with E-state index in [1.54, 1.807) is 0 Å². The molecule has 5 heteroatoms. The fourth-order valence-corrected chi connectivity index (χ4v) is 5.14. The molecule has 0 bridgehead atoms. The zero-order valence-electron chi connectivity index (χ0n) is 14.4. The summed E-state index contributed by atoms with van der Waals surface area (Å²) in [6, 6.07) is 2.50. The van der Waals surface area contributed by atoms with Crippen molar-refractivity contribution in [3.8, 4) is 0 Å². The maximum atomic E-state index is 12.9. The van der Waals surface area contributed by atoms with E-state index in [4.69, 9.17) is 0 Å². The van der Waals surface area contributed by atoms with E-state index < -0.39 is 5.60 Å². The lowest BCUT2D eigenvalue weighted by molar-refractivity contribution is -0.136. The SMILES string of the molecule is CCC1c2ccsc2CCN1C(=O)CN1CCCC1C(C)(C)O. The fourth-order valence-electron chi connectivity index (χ4n) is 4.22. The Kier molecular flexibility index (Phi) is 4.81. The first-order valence-electron chi connectivity index (χ1n) is 8.74. The quantitative estimate of drug-likeness (QED) is 0.919. The number of aliphatic hydroxyl groups is 1. The summed E-state index contributed by atoms with van der Waals surface area (Å²) in [7, 11) is 0. The molecule has 0 spiro atoms. The third-order valence-electron chi connectivity index (χ3n) is 5.32. The van der Waals surface area contributed by atoms with Crippen LogP contribution in [0.4, 0.5) is 0 Å². The number of fused-ring (bicyclic) bond motifs is 1. The first-order valence-corrected chi connectivity index (χ1v) is 9.62. The minimum atomic E-state index is -0.747. The third kappa shape index (κ3) is 3.32. The number of thiophene rings is 1. The van der Waals surface area contributed by atoms with Gasteiger partial charge in [-0.15, -0.1) is 11.3 Å². The van der Waals surface area contributed by atoms with Crippen LogP contribution in [0, 0.1) is 0 Å². The molecule has 1 aromatic heterocycles. The Labute approximate surface area is 143 Å². The van der Waals surface area contributed by atoms with Gasteiger partial charge in [0.05, 0.1) is 18.2 Å². The third-order valence-corrected chi connectivity index (χ3v) is 6.32. The number of nitrogens with zero attached hydrogens (tertiary/aromatic N) is 2. The van der Waals surface area contributed by atoms with Gasteiger partial charge in [0.2, 0.25) is 5.91 Å². The Morgan fingerprint density at radius 1 is 1.43 bits per heavy atom. The van der Waals surface area contributed by atoms with Crippen molar-refractivity contribution in [1.29, 1.82) is 0 Å². The number of carbonyl (C=O) groups excluding carboxylic acids is 1. The van der Waals surface area contributed by atoms with Gasteiger partial charge in [-0.25, -0.2) is 0 Å². The molecule has 2 aliphatic heterocycles. The lowest BCUT2D eigenvalue weighted by Crippen LogP contribution is -2.51. The van der Waals surface area contributed by atoms with Crippen LogP contribution in [-0.2, 0) is 11.2 Å². The van der Waals surface area contributed by atoms with E-state index >= 15 is 0 Å². The zero-order valence-corrected chi connectivity index (χ0v) is 15.2. The van der Waals surface area contributed by atoms with E-state index in [0.717, 1.165) is 38.8 Å². The molecular weight excluding hydrogens is 308 g/mol. The molecule has 2 unspecified atom stereocenters. The molecule has 3 rings (SSSR count). The molecule has 0 aromatic carbocycles. The molecular formula is C18H28N2O2S. The van der Waals surface area contributed by atoms with Gasteiger partial charge in [-0.05, 0) is 63.1 Å². The molecule has 2 aliphatic rings. The van der Waals surface area contributed by atoms with E-state index in [2.05, 4.69) is 28.2 Å². The van der Waals surface area contributed by atoms with Crippen LogP contribution in [0.5, 0.6) is 0 Å². The monoisotopic (exact) mass is 336 g/mol. The van der Waals surface area contributed by atoms with Crippen LogP contribution < -0.4 is 0 Å². The second kappa shape index (κ2) is 6.54. The van der Waals surface area contributed by atoms with Crippen LogP contribution in [0.1, 0.15) is 56.5 Å². The summed E-state index contributed by atoms with van der Waals surface area (Å²) in [5.41, 5.74) is 0.598. The van der Waals surface area contributed by atoms with Gasteiger partial charge in [0.25, 0.3) is 0 Å². The molecule has 1 aromatic rings. The number of hydrogen-bond acceptors (Lipinski definition) is 4. The zero-order chi connectivity index (χ0) is 16.6. The molecule has 1 saturated heterocycles. The van der Waals surface area contributed by atoms with Crippen molar-refractivity contribution < 1.29 is 9.90 Å². The van der Waals surface area contributed by atoms with Crippen molar-refractivity contribution in [3.63, 3.8) is 0 Å². The normalized spacial score (nSPS) is 25.7. The average molecular weight is 337 g/mol. The standard InChI is InChI=1S/C18H28N2O2S/c1-4-14-13-8-11-23-15(13)7-10-20(14)17(21)12-19-9-5-6-16(19)18(2,3)22/h8,11,14,16,22H,4-7,9-10,12H2,1-3H3. The van der Waals surface area contributed by atoms with Crippen LogP contribution in [0.2, 0.25) is 0 Å². The van der Waals surface area contributed by atoms with Gasteiger partial charge in [0.1, 0.15) is 0 Å². The Balaban J connectivity index is 1.71. The lowest BCUT2D eigenvalue weighted by atomic mass is 9.96. The first kappa shape index (κ1) is 16.9. The molecule has 0 saturated carbocycles. The molecule has 128 valence electrons. The van der Waals surface area contributed by atoms with Crippen LogP contribution in [0.15, 0.2) is 11.4 Å². The summed E-state index contributed by atoms with van der Waals surface area (Å²) in [4.78, 5) is 18.6. The second-order valence-corrected chi connectivity index (χ2v) is 8.34. The van der Waals surface area contributed by atoms with Gasteiger partial charge in [0.15, 0.2) is 0 Å². The minimum absolute atomic E-state index is 0.0908. The second-order valence-electron chi connectivity index (χ2n) is 7.34. The Morgan fingerprint density at radius 3 is 2.91 bits per heavy atom. The Bertz CT molecular complexity index is 564. The summed E-state index contributed by atoms with van der Waals surface area (Å²) in [6.45, 7) is 8.04. The van der Waals surface area contributed by atoms with Gasteiger partial charge in [-0.3, -0.25) is 9.69 Å². The smallest absolute Gasteiger partial charge is 0.237 e. The van der Waals surface area contributed by atoms with Crippen molar-refractivity contribution >= 4 is 17.2 Å². The molecule has 2 atom stereocenters. The van der Waals surface area contributed by atoms with Crippen LogP contribution in [0.25, 0.3) is 0 Å². The van der Waals surface area contributed by atoms with Crippen molar-refractivity contribution in [1.82, 2.24) is 9.80 Å². The average Bonchev–Trinajstić information content (AvgIpc) is 3.13. The van der Waals surface area contributed by atoms with E-state index in [1.165, 1.54) is 10.4 Å². The number of rotatable bonds is 4. The summed E-state index contributed by atoms with van der Waals surface area (Å²) < 4.78 is 0. The summed E-state index contributed by atoms with van der Waals surface area (Å²) in [5, 5.41) is 12.5. The Hall–Kier alpha value is -0.910. The largest absolute Gasteiger partial charge is 0.389 e. The van der Waals surface area contributed by atoms with Gasteiger partial charge in [0, 0.05) is 17.5 Å². The highest BCUT2D eigenvalue weighted by Gasteiger charge is 2.38. The van der Waals surface area contributed by atoms with Crippen LogP contribution in [-0.4, -0.2) is 52.1 Å². The van der Waals surface area contributed by atoms with Gasteiger partial charge in [-0.1, -0.05) is 6.92 Å². The van der Waals surface area contributed by atoms with E-state index in [0.29, 0.717) is 6.54 Å². The highest BCUT2D eigenvalue weighted by atomic mass is 32.1. The molecule has 23 heavy (non-hydrogen) atoms. The first-order chi connectivity index (χ1) is 10.9. The maximum absolute atomic E-state index is 12.9. The number of carbonyl (C=O) groups is 1. The van der Waals surface area contributed by atoms with Crippen LogP contribution >= 0.6 is 11.3 Å². The molecule has 1 fully saturated rings. The van der Waals surface area contributed by atoms with Crippen molar-refractivity contribution in [2.45, 2.75) is 64.1 Å². The molecule has 1 amide bonds.